The lowest BCUT2D eigenvalue weighted by Crippen LogP contribution is -2.21. The van der Waals surface area contributed by atoms with E-state index in [1.807, 2.05) is 0 Å². The van der Waals surface area contributed by atoms with Crippen LogP contribution in [-0.4, -0.2) is 13.1 Å². The predicted molar refractivity (Wildman–Crippen MR) is 65.1 cm³/mol. The number of anilines is 1. The molecule has 82 valence electrons. The van der Waals surface area contributed by atoms with Gasteiger partial charge in [0.25, 0.3) is 0 Å². The minimum Gasteiger partial charge on any atom is -0.371 e. The Balaban J connectivity index is 2.28. The SMILES string of the molecule is CCC(N)c1ccccc1N1CCCC1. The minimum atomic E-state index is 0.182. The van der Waals surface area contributed by atoms with Crippen LogP contribution >= 0.6 is 0 Å². The van der Waals surface area contributed by atoms with E-state index in [2.05, 4.69) is 36.1 Å². The molecule has 1 unspecified atom stereocenters. The monoisotopic (exact) mass is 204 g/mol. The summed E-state index contributed by atoms with van der Waals surface area (Å²) in [5.41, 5.74) is 8.79. The lowest BCUT2D eigenvalue weighted by molar-refractivity contribution is 0.695. The van der Waals surface area contributed by atoms with Gasteiger partial charge in [0.15, 0.2) is 0 Å². The highest BCUT2D eigenvalue weighted by Crippen LogP contribution is 2.29. The summed E-state index contributed by atoms with van der Waals surface area (Å²) >= 11 is 0. The molecule has 1 atom stereocenters. The van der Waals surface area contributed by atoms with Gasteiger partial charge in [-0.25, -0.2) is 0 Å². The summed E-state index contributed by atoms with van der Waals surface area (Å²) in [6.45, 7) is 4.52. The Hall–Kier alpha value is -1.02. The molecule has 1 aliphatic rings. The molecule has 1 heterocycles. The molecular weight excluding hydrogens is 184 g/mol. The summed E-state index contributed by atoms with van der Waals surface area (Å²) in [7, 11) is 0. The fraction of sp³-hybridized carbons (Fsp3) is 0.538. The molecule has 2 rings (SSSR count). The third kappa shape index (κ3) is 2.15. The van der Waals surface area contributed by atoms with Crippen molar-refractivity contribution >= 4 is 5.69 Å². The number of hydrogen-bond acceptors (Lipinski definition) is 2. The van der Waals surface area contributed by atoms with Crippen molar-refractivity contribution in [3.05, 3.63) is 29.8 Å². The van der Waals surface area contributed by atoms with Gasteiger partial charge in [0.1, 0.15) is 0 Å². The van der Waals surface area contributed by atoms with Gasteiger partial charge in [-0.15, -0.1) is 0 Å². The molecule has 1 saturated heterocycles. The summed E-state index contributed by atoms with van der Waals surface area (Å²) in [6, 6.07) is 8.75. The number of nitrogens with two attached hydrogens (primary N) is 1. The normalized spacial score (nSPS) is 18.1. The summed E-state index contributed by atoms with van der Waals surface area (Å²) in [5.74, 6) is 0. The first kappa shape index (κ1) is 10.5. The largest absolute Gasteiger partial charge is 0.371 e. The fourth-order valence-corrected chi connectivity index (χ4v) is 2.27. The third-order valence-corrected chi connectivity index (χ3v) is 3.22. The lowest BCUT2D eigenvalue weighted by atomic mass is 10.0. The number of para-hydroxylation sites is 1. The molecule has 15 heavy (non-hydrogen) atoms. The van der Waals surface area contributed by atoms with Crippen molar-refractivity contribution < 1.29 is 0 Å². The number of benzene rings is 1. The third-order valence-electron chi connectivity index (χ3n) is 3.22. The van der Waals surface area contributed by atoms with Crippen molar-refractivity contribution in [1.82, 2.24) is 0 Å². The highest BCUT2D eigenvalue weighted by Gasteiger charge is 2.17. The Morgan fingerprint density at radius 3 is 2.60 bits per heavy atom. The van der Waals surface area contributed by atoms with Gasteiger partial charge >= 0.3 is 0 Å². The molecular formula is C13H20N2. The molecule has 0 radical (unpaired) electrons. The van der Waals surface area contributed by atoms with E-state index in [0.29, 0.717) is 0 Å². The molecule has 2 N–H and O–H groups in total. The molecule has 0 saturated carbocycles. The van der Waals surface area contributed by atoms with Gasteiger partial charge in [-0.3, -0.25) is 0 Å². The number of hydrogen-bond donors (Lipinski definition) is 1. The van der Waals surface area contributed by atoms with E-state index in [1.165, 1.54) is 37.2 Å². The highest BCUT2D eigenvalue weighted by atomic mass is 15.1. The number of rotatable bonds is 3. The lowest BCUT2D eigenvalue weighted by Gasteiger charge is -2.23. The molecule has 2 nitrogen and oxygen atoms in total. The van der Waals surface area contributed by atoms with Crippen LogP contribution in [0.5, 0.6) is 0 Å². The fourth-order valence-electron chi connectivity index (χ4n) is 2.27. The van der Waals surface area contributed by atoms with Gasteiger partial charge in [0.2, 0.25) is 0 Å². The molecule has 1 fully saturated rings. The van der Waals surface area contributed by atoms with Crippen molar-refractivity contribution in [2.24, 2.45) is 5.73 Å². The topological polar surface area (TPSA) is 29.3 Å². The van der Waals surface area contributed by atoms with E-state index in [0.717, 1.165) is 6.42 Å². The molecule has 0 aliphatic carbocycles. The zero-order chi connectivity index (χ0) is 10.7. The van der Waals surface area contributed by atoms with E-state index in [-0.39, 0.29) is 6.04 Å². The van der Waals surface area contributed by atoms with Gasteiger partial charge in [-0.05, 0) is 30.9 Å². The van der Waals surface area contributed by atoms with Crippen molar-refractivity contribution in [2.75, 3.05) is 18.0 Å². The molecule has 0 amide bonds. The van der Waals surface area contributed by atoms with Gasteiger partial charge in [-0.1, -0.05) is 25.1 Å². The van der Waals surface area contributed by atoms with Crippen LogP contribution in [0.2, 0.25) is 0 Å². The van der Waals surface area contributed by atoms with E-state index < -0.39 is 0 Å². The maximum absolute atomic E-state index is 6.14. The Kier molecular flexibility index (Phi) is 3.27. The van der Waals surface area contributed by atoms with Crippen LogP contribution in [0.1, 0.15) is 37.8 Å². The van der Waals surface area contributed by atoms with E-state index in [9.17, 15) is 0 Å². The summed E-state index contributed by atoms with van der Waals surface area (Å²) < 4.78 is 0. The molecule has 1 aromatic rings. The first-order valence-electron chi connectivity index (χ1n) is 5.92. The second-order valence-corrected chi connectivity index (χ2v) is 4.27. The standard InChI is InChI=1S/C13H20N2/c1-2-12(14)11-7-3-4-8-13(11)15-9-5-6-10-15/h3-4,7-8,12H,2,5-6,9-10,14H2,1H3. The Labute approximate surface area is 92.1 Å². The maximum atomic E-state index is 6.14. The van der Waals surface area contributed by atoms with Gasteiger partial charge in [0, 0.05) is 24.8 Å². The quantitative estimate of drug-likeness (QED) is 0.820. The van der Waals surface area contributed by atoms with Crippen molar-refractivity contribution in [3.63, 3.8) is 0 Å². The summed E-state index contributed by atoms with van der Waals surface area (Å²) in [5, 5.41) is 0. The van der Waals surface area contributed by atoms with Crippen molar-refractivity contribution in [3.8, 4) is 0 Å². The van der Waals surface area contributed by atoms with Crippen LogP contribution in [-0.2, 0) is 0 Å². The summed E-state index contributed by atoms with van der Waals surface area (Å²) in [4.78, 5) is 2.46. The van der Waals surface area contributed by atoms with Crippen LogP contribution in [0, 0.1) is 0 Å². The molecule has 0 bridgehead atoms. The zero-order valence-corrected chi connectivity index (χ0v) is 9.45. The maximum Gasteiger partial charge on any atom is 0.0414 e. The van der Waals surface area contributed by atoms with E-state index in [4.69, 9.17) is 5.73 Å². The summed E-state index contributed by atoms with van der Waals surface area (Å²) in [6.07, 6.45) is 3.64. The molecule has 0 spiro atoms. The first-order valence-corrected chi connectivity index (χ1v) is 5.92. The average Bonchev–Trinajstić information content (AvgIpc) is 2.81. The average molecular weight is 204 g/mol. The second kappa shape index (κ2) is 4.67. The van der Waals surface area contributed by atoms with Crippen LogP contribution in [0.4, 0.5) is 5.69 Å². The van der Waals surface area contributed by atoms with Crippen LogP contribution < -0.4 is 10.6 Å². The van der Waals surface area contributed by atoms with E-state index >= 15 is 0 Å². The number of nitrogens with zero attached hydrogens (tertiary/aromatic N) is 1. The van der Waals surface area contributed by atoms with Crippen LogP contribution in [0.25, 0.3) is 0 Å². The molecule has 2 heteroatoms. The Morgan fingerprint density at radius 1 is 1.27 bits per heavy atom. The Morgan fingerprint density at radius 2 is 1.93 bits per heavy atom. The molecule has 1 aliphatic heterocycles. The minimum absolute atomic E-state index is 0.182. The molecule has 0 aromatic heterocycles. The smallest absolute Gasteiger partial charge is 0.0414 e. The highest BCUT2D eigenvalue weighted by molar-refractivity contribution is 5.55. The Bertz CT molecular complexity index is 316. The molecule has 1 aromatic carbocycles. The van der Waals surface area contributed by atoms with Crippen molar-refractivity contribution in [2.45, 2.75) is 32.2 Å². The van der Waals surface area contributed by atoms with Gasteiger partial charge in [0.05, 0.1) is 0 Å². The second-order valence-electron chi connectivity index (χ2n) is 4.27. The first-order chi connectivity index (χ1) is 7.33. The van der Waals surface area contributed by atoms with Crippen LogP contribution in [0.3, 0.4) is 0 Å². The van der Waals surface area contributed by atoms with Crippen molar-refractivity contribution in [1.29, 1.82) is 0 Å². The van der Waals surface area contributed by atoms with Crippen LogP contribution in [0.15, 0.2) is 24.3 Å². The predicted octanol–water partition coefficient (Wildman–Crippen LogP) is 2.70. The van der Waals surface area contributed by atoms with E-state index in [1.54, 1.807) is 0 Å². The zero-order valence-electron chi connectivity index (χ0n) is 9.45. The van der Waals surface area contributed by atoms with Gasteiger partial charge in [-0.2, -0.15) is 0 Å². The van der Waals surface area contributed by atoms with Gasteiger partial charge < -0.3 is 10.6 Å².